The lowest BCUT2D eigenvalue weighted by atomic mass is 10.1. The first kappa shape index (κ1) is 14.4. The second kappa shape index (κ2) is 6.43. The number of benzene rings is 2. The van der Waals surface area contributed by atoms with Crippen LogP contribution in [0.2, 0.25) is 0 Å². The van der Waals surface area contributed by atoms with E-state index in [0.29, 0.717) is 17.3 Å². The molecule has 2 aromatic carbocycles. The molecule has 0 fully saturated rings. The Morgan fingerprint density at radius 1 is 1.10 bits per heavy atom. The molecule has 0 saturated carbocycles. The molecule has 2 N–H and O–H groups in total. The van der Waals surface area contributed by atoms with Crippen molar-refractivity contribution in [2.24, 2.45) is 0 Å². The predicted molar refractivity (Wildman–Crippen MR) is 80.6 cm³/mol. The van der Waals surface area contributed by atoms with Crippen LogP contribution in [0.1, 0.15) is 11.1 Å². The molecular formula is C15H14F2N2S. The van der Waals surface area contributed by atoms with Gasteiger partial charge in [-0.25, -0.2) is 8.78 Å². The standard InChI is InChI=1S/C15H14F2N2S/c1-10-4-2-3-5-11(10)9-18-15(20)19-12-6-7-13(16)14(17)8-12/h2-8H,9H2,1H3,(H2,18,19,20). The third-order valence-corrected chi connectivity index (χ3v) is 3.12. The van der Waals surface area contributed by atoms with E-state index >= 15 is 0 Å². The molecule has 0 unspecified atom stereocenters. The molecule has 0 saturated heterocycles. The first-order chi connectivity index (χ1) is 9.56. The van der Waals surface area contributed by atoms with Gasteiger partial charge in [-0.05, 0) is 42.4 Å². The maximum absolute atomic E-state index is 13.1. The van der Waals surface area contributed by atoms with Crippen LogP contribution < -0.4 is 10.6 Å². The van der Waals surface area contributed by atoms with Gasteiger partial charge in [-0.3, -0.25) is 0 Å². The molecule has 2 rings (SSSR count). The summed E-state index contributed by atoms with van der Waals surface area (Å²) in [6.45, 7) is 2.59. The van der Waals surface area contributed by atoms with E-state index in [1.165, 1.54) is 6.07 Å². The molecule has 0 heterocycles. The summed E-state index contributed by atoms with van der Waals surface area (Å²) < 4.78 is 25.9. The van der Waals surface area contributed by atoms with E-state index in [0.717, 1.165) is 23.3 Å². The molecule has 0 atom stereocenters. The molecule has 0 aliphatic rings. The zero-order valence-corrected chi connectivity index (χ0v) is 11.7. The topological polar surface area (TPSA) is 24.1 Å². The molecule has 0 amide bonds. The van der Waals surface area contributed by atoms with Crippen LogP contribution in [-0.2, 0) is 6.54 Å². The summed E-state index contributed by atoms with van der Waals surface area (Å²) in [5.74, 6) is -1.79. The molecule has 0 aliphatic carbocycles. The van der Waals surface area contributed by atoms with Gasteiger partial charge in [-0.2, -0.15) is 0 Å². The van der Waals surface area contributed by atoms with E-state index in [2.05, 4.69) is 10.6 Å². The number of rotatable bonds is 3. The average Bonchev–Trinajstić information content (AvgIpc) is 2.42. The predicted octanol–water partition coefficient (Wildman–Crippen LogP) is 3.76. The molecule has 0 aromatic heterocycles. The smallest absolute Gasteiger partial charge is 0.171 e. The average molecular weight is 292 g/mol. The normalized spacial score (nSPS) is 10.2. The van der Waals surface area contributed by atoms with Gasteiger partial charge in [0.05, 0.1) is 0 Å². The molecular weight excluding hydrogens is 278 g/mol. The minimum absolute atomic E-state index is 0.360. The molecule has 0 bridgehead atoms. The Bertz CT molecular complexity index is 629. The fraction of sp³-hybridized carbons (Fsp3) is 0.133. The number of hydrogen-bond acceptors (Lipinski definition) is 1. The van der Waals surface area contributed by atoms with Crippen LogP contribution in [0.5, 0.6) is 0 Å². The maximum Gasteiger partial charge on any atom is 0.171 e. The second-order valence-corrected chi connectivity index (χ2v) is 4.77. The number of hydrogen-bond donors (Lipinski definition) is 2. The quantitative estimate of drug-likeness (QED) is 0.842. The Labute approximate surface area is 121 Å². The molecule has 0 aliphatic heterocycles. The first-order valence-corrected chi connectivity index (χ1v) is 6.51. The first-order valence-electron chi connectivity index (χ1n) is 6.10. The fourth-order valence-electron chi connectivity index (χ4n) is 1.73. The molecule has 2 nitrogen and oxygen atoms in total. The minimum atomic E-state index is -0.906. The molecule has 0 radical (unpaired) electrons. The van der Waals surface area contributed by atoms with Crippen molar-refractivity contribution in [3.05, 3.63) is 65.2 Å². The summed E-state index contributed by atoms with van der Waals surface area (Å²) in [4.78, 5) is 0. The van der Waals surface area contributed by atoms with Crippen LogP contribution in [-0.4, -0.2) is 5.11 Å². The Morgan fingerprint density at radius 3 is 2.55 bits per heavy atom. The van der Waals surface area contributed by atoms with Crippen molar-refractivity contribution in [2.45, 2.75) is 13.5 Å². The number of nitrogens with one attached hydrogen (secondary N) is 2. The van der Waals surface area contributed by atoms with Crippen molar-refractivity contribution < 1.29 is 8.78 Å². The van der Waals surface area contributed by atoms with Crippen LogP contribution in [0.4, 0.5) is 14.5 Å². The summed E-state index contributed by atoms with van der Waals surface area (Å²) in [6.07, 6.45) is 0. The van der Waals surface area contributed by atoms with Gasteiger partial charge in [0, 0.05) is 18.3 Å². The van der Waals surface area contributed by atoms with Crippen LogP contribution in [0.3, 0.4) is 0 Å². The highest BCUT2D eigenvalue weighted by Crippen LogP contribution is 2.13. The molecule has 5 heteroatoms. The van der Waals surface area contributed by atoms with Gasteiger partial charge in [0.15, 0.2) is 16.7 Å². The zero-order valence-electron chi connectivity index (χ0n) is 10.9. The van der Waals surface area contributed by atoms with Gasteiger partial charge in [0.25, 0.3) is 0 Å². The summed E-state index contributed by atoms with van der Waals surface area (Å²) in [5, 5.41) is 6.20. The van der Waals surface area contributed by atoms with E-state index < -0.39 is 11.6 Å². The van der Waals surface area contributed by atoms with Crippen LogP contribution in [0, 0.1) is 18.6 Å². The van der Waals surface area contributed by atoms with E-state index in [9.17, 15) is 8.78 Å². The second-order valence-electron chi connectivity index (χ2n) is 4.36. The highest BCUT2D eigenvalue weighted by Gasteiger charge is 2.04. The third kappa shape index (κ3) is 3.74. The van der Waals surface area contributed by atoms with Crippen molar-refractivity contribution in [1.82, 2.24) is 5.32 Å². The van der Waals surface area contributed by atoms with Crippen LogP contribution >= 0.6 is 12.2 Å². The Kier molecular flexibility index (Phi) is 4.63. The Hall–Kier alpha value is -2.01. The summed E-state index contributed by atoms with van der Waals surface area (Å²) in [6, 6.07) is 11.5. The molecule has 104 valence electrons. The lowest BCUT2D eigenvalue weighted by Crippen LogP contribution is -2.28. The Balaban J connectivity index is 1.93. The van der Waals surface area contributed by atoms with E-state index in [1.54, 1.807) is 0 Å². The lowest BCUT2D eigenvalue weighted by Gasteiger charge is -2.12. The lowest BCUT2D eigenvalue weighted by molar-refractivity contribution is 0.509. The number of aryl methyl sites for hydroxylation is 1. The largest absolute Gasteiger partial charge is 0.358 e. The van der Waals surface area contributed by atoms with Gasteiger partial charge in [0.2, 0.25) is 0 Å². The van der Waals surface area contributed by atoms with Crippen molar-refractivity contribution in [3.8, 4) is 0 Å². The van der Waals surface area contributed by atoms with Crippen molar-refractivity contribution in [2.75, 3.05) is 5.32 Å². The number of halogens is 2. The summed E-state index contributed by atoms with van der Waals surface area (Å²) in [7, 11) is 0. The number of anilines is 1. The molecule has 2 aromatic rings. The van der Waals surface area contributed by atoms with Crippen LogP contribution in [0.25, 0.3) is 0 Å². The van der Waals surface area contributed by atoms with E-state index in [4.69, 9.17) is 12.2 Å². The Morgan fingerprint density at radius 2 is 1.85 bits per heavy atom. The molecule has 20 heavy (non-hydrogen) atoms. The van der Waals surface area contributed by atoms with Crippen molar-refractivity contribution in [1.29, 1.82) is 0 Å². The van der Waals surface area contributed by atoms with Crippen molar-refractivity contribution >= 4 is 23.0 Å². The fourth-order valence-corrected chi connectivity index (χ4v) is 1.92. The van der Waals surface area contributed by atoms with Gasteiger partial charge in [-0.1, -0.05) is 24.3 Å². The highest BCUT2D eigenvalue weighted by molar-refractivity contribution is 7.80. The minimum Gasteiger partial charge on any atom is -0.358 e. The summed E-state index contributed by atoms with van der Waals surface area (Å²) in [5.41, 5.74) is 2.70. The van der Waals surface area contributed by atoms with Crippen LogP contribution in [0.15, 0.2) is 42.5 Å². The van der Waals surface area contributed by atoms with Gasteiger partial charge < -0.3 is 10.6 Å². The maximum atomic E-state index is 13.1. The van der Waals surface area contributed by atoms with Gasteiger partial charge in [0.1, 0.15) is 0 Å². The third-order valence-electron chi connectivity index (χ3n) is 2.88. The summed E-state index contributed by atoms with van der Waals surface area (Å²) >= 11 is 5.12. The molecule has 0 spiro atoms. The zero-order chi connectivity index (χ0) is 14.5. The van der Waals surface area contributed by atoms with E-state index in [-0.39, 0.29) is 0 Å². The number of thiocarbonyl (C=S) groups is 1. The van der Waals surface area contributed by atoms with Crippen molar-refractivity contribution in [3.63, 3.8) is 0 Å². The van der Waals surface area contributed by atoms with Gasteiger partial charge >= 0.3 is 0 Å². The SMILES string of the molecule is Cc1ccccc1CNC(=S)Nc1ccc(F)c(F)c1. The van der Waals surface area contributed by atoms with E-state index in [1.807, 2.05) is 31.2 Å². The highest BCUT2D eigenvalue weighted by atomic mass is 32.1. The monoisotopic (exact) mass is 292 g/mol. The van der Waals surface area contributed by atoms with Gasteiger partial charge in [-0.15, -0.1) is 0 Å².